The summed E-state index contributed by atoms with van der Waals surface area (Å²) in [7, 11) is 0. The van der Waals surface area contributed by atoms with Gasteiger partial charge in [-0.15, -0.1) is 0 Å². The van der Waals surface area contributed by atoms with Crippen molar-refractivity contribution >= 4 is 43.6 Å². The Balaban J connectivity index is 1.03. The Morgan fingerprint density at radius 1 is 0.339 bits per heavy atom. The highest BCUT2D eigenvalue weighted by molar-refractivity contribution is 6.10. The zero-order valence-corrected chi connectivity index (χ0v) is 32.6. The van der Waals surface area contributed by atoms with Crippen LogP contribution in [0.1, 0.15) is 25.0 Å². The molecule has 3 aromatic heterocycles. The van der Waals surface area contributed by atoms with E-state index < -0.39 is 0 Å². The van der Waals surface area contributed by atoms with Gasteiger partial charge in [0.1, 0.15) is 0 Å². The quantitative estimate of drug-likeness (QED) is 0.176. The third kappa shape index (κ3) is 5.08. The van der Waals surface area contributed by atoms with E-state index in [0.29, 0.717) is 17.7 Å². The Morgan fingerprint density at radius 2 is 0.746 bits per heavy atom. The van der Waals surface area contributed by atoms with E-state index in [1.54, 1.807) is 0 Å². The van der Waals surface area contributed by atoms with Crippen LogP contribution in [0.4, 0.5) is 0 Å². The van der Waals surface area contributed by atoms with Crippen LogP contribution in [-0.4, -0.2) is 24.1 Å². The maximum Gasteiger partial charge on any atom is 0.240 e. The molecule has 0 fully saturated rings. The molecule has 0 saturated carbocycles. The third-order valence-electron chi connectivity index (χ3n) is 12.4. The van der Waals surface area contributed by atoms with Gasteiger partial charge in [-0.2, -0.15) is 15.0 Å². The minimum Gasteiger partial charge on any atom is -0.278 e. The monoisotopic (exact) mass is 755 g/mol. The second kappa shape index (κ2) is 12.7. The summed E-state index contributed by atoms with van der Waals surface area (Å²) >= 11 is 0. The maximum absolute atomic E-state index is 5.32. The van der Waals surface area contributed by atoms with Crippen molar-refractivity contribution in [3.8, 4) is 56.7 Å². The van der Waals surface area contributed by atoms with Gasteiger partial charge >= 0.3 is 0 Å². The highest BCUT2D eigenvalue weighted by Crippen LogP contribution is 2.49. The van der Waals surface area contributed by atoms with Crippen molar-refractivity contribution in [2.45, 2.75) is 19.3 Å². The smallest absolute Gasteiger partial charge is 0.240 e. The van der Waals surface area contributed by atoms with Gasteiger partial charge in [-0.05, 0) is 87.0 Å². The molecule has 0 bridgehead atoms. The molecule has 5 nitrogen and oxygen atoms in total. The zero-order chi connectivity index (χ0) is 39.2. The first-order valence-corrected chi connectivity index (χ1v) is 20.2. The number of benzene rings is 8. The molecular formula is C54H37N5. The van der Waals surface area contributed by atoms with Gasteiger partial charge in [-0.1, -0.05) is 159 Å². The highest BCUT2D eigenvalue weighted by atomic mass is 15.3. The first kappa shape index (κ1) is 33.5. The molecule has 0 unspecified atom stereocenters. The number of hydrogen-bond donors (Lipinski definition) is 0. The predicted molar refractivity (Wildman–Crippen MR) is 242 cm³/mol. The Morgan fingerprint density at radius 3 is 1.27 bits per heavy atom. The SMILES string of the molecule is CC1(C)c2ccccc2-c2ccc(-c3cccc(-c4cccc(-c5nc(-n6c7ccccc7c7ccccc76)nc(-n6c7ccccc7c7ccccc76)n5)c4)c3)cc21. The third-order valence-corrected chi connectivity index (χ3v) is 12.4. The van der Waals surface area contributed by atoms with Crippen LogP contribution in [0, 0.1) is 0 Å². The molecule has 8 aromatic carbocycles. The van der Waals surface area contributed by atoms with Crippen molar-refractivity contribution < 1.29 is 0 Å². The standard InChI is InChI=1S/C54H37N5/c1-54(2)45-24-8-3-19-39(45)40-30-29-37(33-46(40)54)35-16-13-15-34(31-35)36-17-14-18-38(32-36)51-55-52(58-47-25-9-4-20-41(47)42-21-5-10-26-48(42)58)57-53(56-51)59-49-27-11-6-22-43(49)44-23-7-12-28-50(44)59/h3-33H,1-2H3. The predicted octanol–water partition coefficient (Wildman–Crippen LogP) is 13.4. The van der Waals surface area contributed by atoms with E-state index in [1.165, 1.54) is 33.4 Å². The lowest BCUT2D eigenvalue weighted by Gasteiger charge is -2.22. The summed E-state index contributed by atoms with van der Waals surface area (Å²) in [5, 5.41) is 4.62. The molecule has 1 aliphatic carbocycles. The molecule has 0 N–H and O–H groups in total. The van der Waals surface area contributed by atoms with Gasteiger partial charge in [0.25, 0.3) is 0 Å². The minimum absolute atomic E-state index is 0.0609. The van der Waals surface area contributed by atoms with Gasteiger partial charge in [0.2, 0.25) is 11.9 Å². The summed E-state index contributed by atoms with van der Waals surface area (Å²) in [6.45, 7) is 4.67. The summed E-state index contributed by atoms with van der Waals surface area (Å²) < 4.78 is 4.36. The molecule has 0 radical (unpaired) electrons. The maximum atomic E-state index is 5.32. The number of para-hydroxylation sites is 4. The van der Waals surface area contributed by atoms with Crippen molar-refractivity contribution in [1.82, 2.24) is 24.1 Å². The van der Waals surface area contributed by atoms with Gasteiger partial charge in [0.05, 0.1) is 22.1 Å². The summed E-state index contributed by atoms with van der Waals surface area (Å²) in [4.78, 5) is 15.9. The second-order valence-electron chi connectivity index (χ2n) is 16.1. The lowest BCUT2D eigenvalue weighted by Crippen LogP contribution is -2.14. The van der Waals surface area contributed by atoms with Crippen molar-refractivity contribution in [3.05, 3.63) is 199 Å². The van der Waals surface area contributed by atoms with Crippen molar-refractivity contribution in [2.24, 2.45) is 0 Å². The van der Waals surface area contributed by atoms with E-state index in [2.05, 4.69) is 211 Å². The molecule has 0 atom stereocenters. The van der Waals surface area contributed by atoms with E-state index in [9.17, 15) is 0 Å². The number of rotatable bonds is 5. The van der Waals surface area contributed by atoms with Gasteiger partial charge in [0.15, 0.2) is 5.82 Å². The van der Waals surface area contributed by atoms with Gasteiger partial charge in [-0.25, -0.2) is 0 Å². The molecule has 3 heterocycles. The van der Waals surface area contributed by atoms with E-state index in [1.807, 2.05) is 0 Å². The lowest BCUT2D eigenvalue weighted by molar-refractivity contribution is 0.660. The Kier molecular flexibility index (Phi) is 7.20. The molecule has 59 heavy (non-hydrogen) atoms. The van der Waals surface area contributed by atoms with Crippen LogP contribution in [0.2, 0.25) is 0 Å². The number of nitrogens with zero attached hydrogens (tertiary/aromatic N) is 5. The molecule has 0 amide bonds. The molecule has 12 rings (SSSR count). The molecule has 0 saturated heterocycles. The van der Waals surface area contributed by atoms with Crippen molar-refractivity contribution in [2.75, 3.05) is 0 Å². The first-order chi connectivity index (χ1) is 29.0. The van der Waals surface area contributed by atoms with E-state index >= 15 is 0 Å². The molecule has 1 aliphatic rings. The zero-order valence-electron chi connectivity index (χ0n) is 32.6. The average molecular weight is 756 g/mol. The van der Waals surface area contributed by atoms with Crippen LogP contribution in [0.15, 0.2) is 188 Å². The topological polar surface area (TPSA) is 48.5 Å². The normalized spacial score (nSPS) is 13.1. The first-order valence-electron chi connectivity index (χ1n) is 20.2. The van der Waals surface area contributed by atoms with Crippen LogP contribution in [0.25, 0.3) is 100 Å². The van der Waals surface area contributed by atoms with Crippen molar-refractivity contribution in [3.63, 3.8) is 0 Å². The lowest BCUT2D eigenvalue weighted by atomic mass is 9.81. The minimum atomic E-state index is -0.0609. The van der Waals surface area contributed by atoms with Crippen LogP contribution < -0.4 is 0 Å². The summed E-state index contributed by atoms with van der Waals surface area (Å²) in [6, 6.07) is 67.2. The van der Waals surface area contributed by atoms with Crippen LogP contribution >= 0.6 is 0 Å². The molecule has 278 valence electrons. The molecular weight excluding hydrogens is 719 g/mol. The summed E-state index contributed by atoms with van der Waals surface area (Å²) in [5.74, 6) is 1.74. The van der Waals surface area contributed by atoms with Crippen molar-refractivity contribution in [1.29, 1.82) is 0 Å². The van der Waals surface area contributed by atoms with E-state index in [0.717, 1.165) is 60.3 Å². The molecule has 5 heteroatoms. The van der Waals surface area contributed by atoms with Crippen LogP contribution in [0.3, 0.4) is 0 Å². The van der Waals surface area contributed by atoms with E-state index in [-0.39, 0.29) is 5.41 Å². The number of hydrogen-bond acceptors (Lipinski definition) is 3. The van der Waals surface area contributed by atoms with Gasteiger partial charge in [-0.3, -0.25) is 9.13 Å². The fourth-order valence-electron chi connectivity index (χ4n) is 9.56. The fraction of sp³-hybridized carbons (Fsp3) is 0.0556. The average Bonchev–Trinajstić information content (AvgIpc) is 3.89. The molecule has 0 aliphatic heterocycles. The number of aromatic nitrogens is 5. The number of fused-ring (bicyclic) bond motifs is 9. The fourth-order valence-corrected chi connectivity index (χ4v) is 9.56. The van der Waals surface area contributed by atoms with Gasteiger partial charge in [0, 0.05) is 32.5 Å². The Hall–Kier alpha value is -7.63. The second-order valence-corrected chi connectivity index (χ2v) is 16.1. The Labute approximate surface area is 341 Å². The highest BCUT2D eigenvalue weighted by Gasteiger charge is 2.35. The van der Waals surface area contributed by atoms with E-state index in [4.69, 9.17) is 15.0 Å². The summed E-state index contributed by atoms with van der Waals surface area (Å²) in [5.41, 5.74) is 15.1. The van der Waals surface area contributed by atoms with Crippen LogP contribution in [-0.2, 0) is 5.41 Å². The molecule has 0 spiro atoms. The van der Waals surface area contributed by atoms with Gasteiger partial charge < -0.3 is 0 Å². The Bertz CT molecular complexity index is 3260. The largest absolute Gasteiger partial charge is 0.278 e. The summed E-state index contributed by atoms with van der Waals surface area (Å²) in [6.07, 6.45) is 0. The molecule has 11 aromatic rings. The van der Waals surface area contributed by atoms with Crippen LogP contribution in [0.5, 0.6) is 0 Å².